The van der Waals surface area contributed by atoms with Crippen LogP contribution in [-0.2, 0) is 7.05 Å². The zero-order valence-corrected chi connectivity index (χ0v) is 13.1. The fraction of sp³-hybridized carbons (Fsp3) is 0.500. The molecule has 3 aromatic rings. The number of thiazole rings is 1. The highest BCUT2D eigenvalue weighted by Gasteiger charge is 2.20. The number of aryl methyl sites for hydroxylation is 1. The standard InChI is InChI=1S/C14H18N6S/c1-15-12-9-11(19(2)8-16-9)10-13(18-12)21-14(17-10)20-6-4-3-5-7-20/h8H,3-7H2,1-2H3,(H,15,18). The summed E-state index contributed by atoms with van der Waals surface area (Å²) in [6.07, 6.45) is 5.67. The molecule has 0 saturated carbocycles. The van der Waals surface area contributed by atoms with Gasteiger partial charge < -0.3 is 14.8 Å². The lowest BCUT2D eigenvalue weighted by Crippen LogP contribution is -2.29. The van der Waals surface area contributed by atoms with Crippen LogP contribution in [0.2, 0.25) is 0 Å². The Morgan fingerprint density at radius 2 is 1.95 bits per heavy atom. The average Bonchev–Trinajstić information content (AvgIpc) is 3.11. The molecule has 7 heteroatoms. The highest BCUT2D eigenvalue weighted by molar-refractivity contribution is 7.22. The first kappa shape index (κ1) is 12.8. The smallest absolute Gasteiger partial charge is 0.188 e. The van der Waals surface area contributed by atoms with Crippen LogP contribution in [0.5, 0.6) is 0 Å². The summed E-state index contributed by atoms with van der Waals surface area (Å²) in [5.74, 6) is 0.826. The van der Waals surface area contributed by atoms with E-state index in [2.05, 4.69) is 15.2 Å². The second kappa shape index (κ2) is 4.84. The van der Waals surface area contributed by atoms with Crippen molar-refractivity contribution < 1.29 is 0 Å². The summed E-state index contributed by atoms with van der Waals surface area (Å²) in [6.45, 7) is 2.21. The van der Waals surface area contributed by atoms with Crippen molar-refractivity contribution in [3.05, 3.63) is 6.33 Å². The predicted octanol–water partition coefficient (Wildman–Crippen LogP) is 2.61. The van der Waals surface area contributed by atoms with Gasteiger partial charge in [0.05, 0.1) is 6.33 Å². The maximum atomic E-state index is 4.87. The molecular formula is C14H18N6S. The summed E-state index contributed by atoms with van der Waals surface area (Å²) in [7, 11) is 3.89. The van der Waals surface area contributed by atoms with Crippen molar-refractivity contribution >= 4 is 43.7 Å². The number of nitrogens with zero attached hydrogens (tertiary/aromatic N) is 5. The summed E-state index contributed by atoms with van der Waals surface area (Å²) in [5, 5.41) is 4.23. The van der Waals surface area contributed by atoms with Crippen LogP contribution in [0.15, 0.2) is 6.33 Å². The molecular weight excluding hydrogens is 284 g/mol. The van der Waals surface area contributed by atoms with Crippen LogP contribution in [0.25, 0.3) is 21.4 Å². The van der Waals surface area contributed by atoms with Crippen molar-refractivity contribution in [1.82, 2.24) is 19.5 Å². The van der Waals surface area contributed by atoms with Gasteiger partial charge in [-0.3, -0.25) is 0 Å². The van der Waals surface area contributed by atoms with E-state index in [1.54, 1.807) is 11.3 Å². The topological polar surface area (TPSA) is 58.9 Å². The van der Waals surface area contributed by atoms with E-state index in [0.29, 0.717) is 0 Å². The molecule has 0 aliphatic carbocycles. The van der Waals surface area contributed by atoms with Crippen LogP contribution in [-0.4, -0.2) is 39.7 Å². The van der Waals surface area contributed by atoms with E-state index in [-0.39, 0.29) is 0 Å². The van der Waals surface area contributed by atoms with Gasteiger partial charge in [0.25, 0.3) is 0 Å². The van der Waals surface area contributed by atoms with Gasteiger partial charge in [-0.2, -0.15) is 0 Å². The average molecular weight is 302 g/mol. The molecule has 1 N–H and O–H groups in total. The monoisotopic (exact) mass is 302 g/mol. The van der Waals surface area contributed by atoms with Crippen molar-refractivity contribution in [1.29, 1.82) is 0 Å². The Morgan fingerprint density at radius 1 is 1.14 bits per heavy atom. The van der Waals surface area contributed by atoms with E-state index in [1.807, 2.05) is 25.0 Å². The van der Waals surface area contributed by atoms with Crippen molar-refractivity contribution in [2.24, 2.45) is 7.05 Å². The summed E-state index contributed by atoms with van der Waals surface area (Å²) >= 11 is 1.68. The van der Waals surface area contributed by atoms with Gasteiger partial charge in [-0.25, -0.2) is 15.0 Å². The first-order chi connectivity index (χ1) is 10.3. The predicted molar refractivity (Wildman–Crippen MR) is 87.3 cm³/mol. The molecule has 6 nitrogen and oxygen atoms in total. The lowest BCUT2D eigenvalue weighted by molar-refractivity contribution is 0.577. The second-order valence-electron chi connectivity index (χ2n) is 5.46. The molecule has 0 bridgehead atoms. The van der Waals surface area contributed by atoms with Crippen LogP contribution < -0.4 is 10.2 Å². The molecule has 0 unspecified atom stereocenters. The number of pyridine rings is 1. The minimum absolute atomic E-state index is 0.826. The molecule has 3 aromatic heterocycles. The molecule has 1 fully saturated rings. The number of aromatic nitrogens is 4. The minimum Gasteiger partial charge on any atom is -0.371 e. The molecule has 1 aliphatic heterocycles. The fourth-order valence-electron chi connectivity index (χ4n) is 2.96. The van der Waals surface area contributed by atoms with E-state index in [9.17, 15) is 0 Å². The number of rotatable bonds is 2. The molecule has 4 rings (SSSR count). The fourth-order valence-corrected chi connectivity index (χ4v) is 3.96. The number of hydrogen-bond acceptors (Lipinski definition) is 6. The quantitative estimate of drug-likeness (QED) is 0.788. The molecule has 0 amide bonds. The number of hydrogen-bond donors (Lipinski definition) is 1. The lowest BCUT2D eigenvalue weighted by atomic mass is 10.1. The van der Waals surface area contributed by atoms with Crippen LogP contribution in [0.1, 0.15) is 19.3 Å². The van der Waals surface area contributed by atoms with E-state index in [4.69, 9.17) is 9.97 Å². The van der Waals surface area contributed by atoms with Crippen LogP contribution >= 0.6 is 11.3 Å². The van der Waals surface area contributed by atoms with Gasteiger partial charge in [0.2, 0.25) is 0 Å². The lowest BCUT2D eigenvalue weighted by Gasteiger charge is -2.25. The molecule has 0 radical (unpaired) electrons. The Bertz CT molecular complexity index is 799. The Morgan fingerprint density at radius 3 is 2.71 bits per heavy atom. The first-order valence-corrected chi connectivity index (χ1v) is 8.14. The van der Waals surface area contributed by atoms with E-state index in [1.165, 1.54) is 19.3 Å². The molecule has 0 atom stereocenters. The zero-order chi connectivity index (χ0) is 14.4. The normalized spacial score (nSPS) is 16.0. The molecule has 0 aromatic carbocycles. The maximum Gasteiger partial charge on any atom is 0.188 e. The first-order valence-electron chi connectivity index (χ1n) is 7.32. The van der Waals surface area contributed by atoms with Crippen molar-refractivity contribution in [3.8, 4) is 0 Å². The Hall–Kier alpha value is -1.89. The summed E-state index contributed by atoms with van der Waals surface area (Å²) in [6, 6.07) is 0. The zero-order valence-electron chi connectivity index (χ0n) is 12.3. The minimum atomic E-state index is 0.826. The van der Waals surface area contributed by atoms with E-state index < -0.39 is 0 Å². The molecule has 0 spiro atoms. The van der Waals surface area contributed by atoms with Gasteiger partial charge in [0, 0.05) is 27.2 Å². The van der Waals surface area contributed by atoms with Crippen molar-refractivity contribution in [3.63, 3.8) is 0 Å². The highest BCUT2D eigenvalue weighted by Crippen LogP contribution is 2.35. The Kier molecular flexibility index (Phi) is 2.95. The third-order valence-corrected chi connectivity index (χ3v) is 5.07. The van der Waals surface area contributed by atoms with Gasteiger partial charge in [-0.1, -0.05) is 11.3 Å². The highest BCUT2D eigenvalue weighted by atomic mass is 32.1. The SMILES string of the molecule is CNc1nc2sc(N3CCCCC3)nc2c2c1ncn2C. The van der Waals surface area contributed by atoms with Crippen LogP contribution in [0.3, 0.4) is 0 Å². The van der Waals surface area contributed by atoms with Gasteiger partial charge in [0.1, 0.15) is 21.4 Å². The summed E-state index contributed by atoms with van der Waals surface area (Å²) in [5.41, 5.74) is 2.92. The molecule has 1 saturated heterocycles. The molecule has 1 aliphatic rings. The maximum absolute atomic E-state index is 4.87. The Labute approximate surface area is 126 Å². The summed E-state index contributed by atoms with van der Waals surface area (Å²) < 4.78 is 2.03. The van der Waals surface area contributed by atoms with Crippen molar-refractivity contribution in [2.45, 2.75) is 19.3 Å². The third kappa shape index (κ3) is 1.95. The number of piperidine rings is 1. The van der Waals surface area contributed by atoms with Gasteiger partial charge in [0.15, 0.2) is 10.9 Å². The largest absolute Gasteiger partial charge is 0.371 e. The van der Waals surface area contributed by atoms with E-state index in [0.717, 1.165) is 45.4 Å². The van der Waals surface area contributed by atoms with Gasteiger partial charge in [-0.05, 0) is 19.3 Å². The van der Waals surface area contributed by atoms with Gasteiger partial charge >= 0.3 is 0 Å². The van der Waals surface area contributed by atoms with E-state index >= 15 is 0 Å². The summed E-state index contributed by atoms with van der Waals surface area (Å²) in [4.78, 5) is 17.4. The second-order valence-corrected chi connectivity index (χ2v) is 6.42. The molecule has 110 valence electrons. The van der Waals surface area contributed by atoms with Gasteiger partial charge in [-0.15, -0.1) is 0 Å². The number of nitrogens with one attached hydrogen (secondary N) is 1. The molecule has 4 heterocycles. The third-order valence-electron chi connectivity index (χ3n) is 4.06. The Balaban J connectivity index is 1.93. The number of fused-ring (bicyclic) bond motifs is 3. The van der Waals surface area contributed by atoms with Crippen LogP contribution in [0.4, 0.5) is 10.9 Å². The number of anilines is 2. The van der Waals surface area contributed by atoms with Crippen LogP contribution in [0, 0.1) is 0 Å². The molecule has 21 heavy (non-hydrogen) atoms. The number of imidazole rings is 1. The van der Waals surface area contributed by atoms with Crippen molar-refractivity contribution in [2.75, 3.05) is 30.4 Å².